The summed E-state index contributed by atoms with van der Waals surface area (Å²) < 4.78 is 13.0. The second kappa shape index (κ2) is 8.27. The number of hydrogen-bond acceptors (Lipinski definition) is 9. The van der Waals surface area contributed by atoms with Gasteiger partial charge in [-0.05, 0) is 11.8 Å². The molecule has 1 aliphatic heterocycles. The van der Waals surface area contributed by atoms with Crippen LogP contribution in [0.2, 0.25) is 0 Å². The summed E-state index contributed by atoms with van der Waals surface area (Å²) in [5, 5.41) is 3.59. The summed E-state index contributed by atoms with van der Waals surface area (Å²) in [6, 6.07) is 3.90. The minimum absolute atomic E-state index is 0.00608. The van der Waals surface area contributed by atoms with Crippen molar-refractivity contribution in [2.45, 2.75) is 29.9 Å². The Morgan fingerprint density at radius 3 is 2.80 bits per heavy atom. The fraction of sp³-hybridized carbons (Fsp3) is 0.368. The van der Waals surface area contributed by atoms with Crippen LogP contribution in [-0.4, -0.2) is 52.9 Å². The number of nitrogens with one attached hydrogen (secondary N) is 1. The van der Waals surface area contributed by atoms with Gasteiger partial charge in [-0.15, -0.1) is 0 Å². The monoisotopic (exact) mass is 429 g/mol. The van der Waals surface area contributed by atoms with Crippen LogP contribution in [0.4, 0.5) is 11.5 Å². The minimum Gasteiger partial charge on any atom is -0.454 e. The Kier molecular flexibility index (Phi) is 5.53. The van der Waals surface area contributed by atoms with E-state index in [-0.39, 0.29) is 12.7 Å². The minimum atomic E-state index is -0.00608. The lowest BCUT2D eigenvalue weighted by atomic mass is 10.2. The number of aromatic nitrogens is 4. The van der Waals surface area contributed by atoms with Crippen LogP contribution in [0.3, 0.4) is 0 Å². The number of nitrogens with zero attached hydrogens (tertiary/aromatic N) is 5. The Labute approximate surface area is 177 Å². The number of imidazole rings is 1. The Balaban J connectivity index is 1.73. The van der Waals surface area contributed by atoms with Gasteiger partial charge >= 0.3 is 0 Å². The molecule has 3 aromatic rings. The number of carbonyl (C=O) groups is 1. The van der Waals surface area contributed by atoms with Gasteiger partial charge in [0.15, 0.2) is 33.6 Å². The molecule has 0 spiro atoms. The van der Waals surface area contributed by atoms with Gasteiger partial charge in [0.1, 0.15) is 6.33 Å². The summed E-state index contributed by atoms with van der Waals surface area (Å²) in [6.45, 7) is 2.98. The van der Waals surface area contributed by atoms with Gasteiger partial charge in [0.25, 0.3) is 0 Å². The largest absolute Gasteiger partial charge is 0.454 e. The average Bonchev–Trinajstić information content (AvgIpc) is 3.32. The van der Waals surface area contributed by atoms with Gasteiger partial charge in [0.05, 0.1) is 5.69 Å². The molecule has 4 rings (SSSR count). The van der Waals surface area contributed by atoms with E-state index in [4.69, 9.17) is 20.2 Å². The summed E-state index contributed by atoms with van der Waals surface area (Å²) in [6.07, 6.45) is 1.85. The van der Waals surface area contributed by atoms with E-state index >= 15 is 0 Å². The molecule has 10 nitrogen and oxygen atoms in total. The van der Waals surface area contributed by atoms with Crippen LogP contribution in [0.1, 0.15) is 13.3 Å². The van der Waals surface area contributed by atoms with E-state index in [0.717, 1.165) is 10.6 Å². The first-order valence-electron chi connectivity index (χ1n) is 9.50. The number of fused-ring (bicyclic) bond motifs is 2. The molecule has 1 amide bonds. The second-order valence-electron chi connectivity index (χ2n) is 6.85. The van der Waals surface area contributed by atoms with Crippen LogP contribution in [0.25, 0.3) is 11.2 Å². The third kappa shape index (κ3) is 3.80. The molecule has 0 unspecified atom stereocenters. The van der Waals surface area contributed by atoms with E-state index in [9.17, 15) is 4.79 Å². The number of hydrogen-bond donors (Lipinski definition) is 2. The summed E-state index contributed by atoms with van der Waals surface area (Å²) in [5.74, 6) is 1.72. The first kappa shape index (κ1) is 20.1. The van der Waals surface area contributed by atoms with Crippen molar-refractivity contribution < 1.29 is 14.3 Å². The fourth-order valence-electron chi connectivity index (χ4n) is 3.09. The lowest BCUT2D eigenvalue weighted by molar-refractivity contribution is -0.120. The number of nitrogen functional groups attached to an aromatic ring is 1. The number of benzene rings is 1. The van der Waals surface area contributed by atoms with Crippen molar-refractivity contribution in [3.63, 3.8) is 0 Å². The van der Waals surface area contributed by atoms with E-state index < -0.39 is 0 Å². The molecule has 0 aliphatic carbocycles. The van der Waals surface area contributed by atoms with Crippen molar-refractivity contribution in [2.24, 2.45) is 0 Å². The zero-order valence-corrected chi connectivity index (χ0v) is 17.8. The number of amides is 1. The van der Waals surface area contributed by atoms with E-state index in [1.54, 1.807) is 0 Å². The molecule has 0 saturated heterocycles. The summed E-state index contributed by atoms with van der Waals surface area (Å²) in [4.78, 5) is 27.7. The van der Waals surface area contributed by atoms with Crippen LogP contribution in [0.15, 0.2) is 28.5 Å². The molecule has 0 fully saturated rings. The molecule has 1 aliphatic rings. The van der Waals surface area contributed by atoms with Gasteiger partial charge in [0, 0.05) is 50.6 Å². The van der Waals surface area contributed by atoms with Gasteiger partial charge < -0.3 is 30.0 Å². The number of ether oxygens (including phenoxy) is 2. The smallest absolute Gasteiger partial charge is 0.231 e. The second-order valence-corrected chi connectivity index (χ2v) is 7.86. The lowest BCUT2D eigenvalue weighted by Gasteiger charge is -2.18. The Bertz CT molecular complexity index is 1100. The number of nitrogens with two attached hydrogens (primary N) is 1. The molecule has 0 bridgehead atoms. The van der Waals surface area contributed by atoms with Crippen molar-refractivity contribution in [2.75, 3.05) is 38.1 Å². The predicted molar refractivity (Wildman–Crippen MR) is 114 cm³/mol. The van der Waals surface area contributed by atoms with E-state index in [1.165, 1.54) is 18.1 Å². The van der Waals surface area contributed by atoms with Crippen LogP contribution in [-0.2, 0) is 11.3 Å². The summed E-state index contributed by atoms with van der Waals surface area (Å²) in [5.41, 5.74) is 8.17. The zero-order chi connectivity index (χ0) is 21.3. The maximum atomic E-state index is 11.6. The number of anilines is 2. The van der Waals surface area contributed by atoms with E-state index in [2.05, 4.69) is 15.3 Å². The third-order valence-corrected chi connectivity index (χ3v) is 5.68. The van der Waals surface area contributed by atoms with Gasteiger partial charge in [-0.25, -0.2) is 15.0 Å². The van der Waals surface area contributed by atoms with Crippen molar-refractivity contribution in [3.05, 3.63) is 18.5 Å². The maximum absolute atomic E-state index is 11.6. The molecule has 0 radical (unpaired) electrons. The molecule has 11 heteroatoms. The first-order valence-corrected chi connectivity index (χ1v) is 10.3. The quantitative estimate of drug-likeness (QED) is 0.580. The first-order chi connectivity index (χ1) is 14.5. The maximum Gasteiger partial charge on any atom is 0.231 e. The highest BCUT2D eigenvalue weighted by Gasteiger charge is 2.22. The third-order valence-electron chi connectivity index (χ3n) is 4.64. The van der Waals surface area contributed by atoms with Crippen LogP contribution in [0, 0.1) is 0 Å². The predicted octanol–water partition coefficient (Wildman–Crippen LogP) is 1.88. The Hall–Kier alpha value is -3.21. The normalized spacial score (nSPS) is 12.4. The highest BCUT2D eigenvalue weighted by atomic mass is 32.2. The Morgan fingerprint density at radius 1 is 1.30 bits per heavy atom. The molecule has 30 heavy (non-hydrogen) atoms. The van der Waals surface area contributed by atoms with Crippen LogP contribution in [0.5, 0.6) is 11.5 Å². The molecule has 0 saturated carbocycles. The SMILES string of the molecule is CCC(=O)NCCn1c(Sc2cc3c(cc2N(C)C)OCO3)nc2c(N)ncnc21. The summed E-state index contributed by atoms with van der Waals surface area (Å²) in [7, 11) is 3.93. The molecular weight excluding hydrogens is 406 g/mol. The number of carbonyl (C=O) groups excluding carboxylic acids is 1. The topological polar surface area (TPSA) is 120 Å². The zero-order valence-electron chi connectivity index (χ0n) is 17.0. The van der Waals surface area contributed by atoms with Crippen LogP contribution >= 0.6 is 11.8 Å². The van der Waals surface area contributed by atoms with E-state index in [0.29, 0.717) is 53.1 Å². The van der Waals surface area contributed by atoms with Crippen LogP contribution < -0.4 is 25.4 Å². The van der Waals surface area contributed by atoms with Gasteiger partial charge in [-0.1, -0.05) is 6.92 Å². The summed E-state index contributed by atoms with van der Waals surface area (Å²) >= 11 is 1.47. The van der Waals surface area contributed by atoms with Gasteiger partial charge in [-0.3, -0.25) is 4.79 Å². The van der Waals surface area contributed by atoms with Crippen molar-refractivity contribution in [3.8, 4) is 11.5 Å². The van der Waals surface area contributed by atoms with Gasteiger partial charge in [-0.2, -0.15) is 0 Å². The van der Waals surface area contributed by atoms with Crippen molar-refractivity contribution in [1.82, 2.24) is 24.8 Å². The Morgan fingerprint density at radius 2 is 2.07 bits per heavy atom. The molecule has 1 aromatic carbocycles. The highest BCUT2D eigenvalue weighted by Crippen LogP contribution is 2.44. The lowest BCUT2D eigenvalue weighted by Crippen LogP contribution is -2.26. The average molecular weight is 430 g/mol. The molecule has 2 aromatic heterocycles. The van der Waals surface area contributed by atoms with Crippen molar-refractivity contribution >= 4 is 40.3 Å². The molecular formula is C19H23N7O3S. The molecule has 3 heterocycles. The number of rotatable bonds is 7. The molecule has 3 N–H and O–H groups in total. The molecule has 158 valence electrons. The highest BCUT2D eigenvalue weighted by molar-refractivity contribution is 7.99. The van der Waals surface area contributed by atoms with Gasteiger partial charge in [0.2, 0.25) is 12.7 Å². The fourth-order valence-corrected chi connectivity index (χ4v) is 4.22. The standard InChI is InChI=1S/C19H23N7O3S/c1-4-15(27)21-5-6-26-18-16(17(20)22-9-23-18)24-19(26)30-14-8-13-12(28-10-29-13)7-11(14)25(2)3/h7-9H,4-6,10H2,1-3H3,(H,21,27)(H2,20,22,23). The molecule has 0 atom stereocenters. The van der Waals surface area contributed by atoms with E-state index in [1.807, 2.05) is 42.6 Å². The van der Waals surface area contributed by atoms with Crippen molar-refractivity contribution in [1.29, 1.82) is 0 Å².